The summed E-state index contributed by atoms with van der Waals surface area (Å²) in [5.74, 6) is -4.79. The Kier molecular flexibility index (Phi) is 3.50. The molecule has 98 valence electrons. The second-order valence-electron chi connectivity index (χ2n) is 3.68. The number of nitrogens with zero attached hydrogens (tertiary/aromatic N) is 1. The first-order valence-corrected chi connectivity index (χ1v) is 5.22. The van der Waals surface area contributed by atoms with E-state index in [4.69, 9.17) is 0 Å². The number of hydrogen-bond donors (Lipinski definition) is 0. The van der Waals surface area contributed by atoms with Crippen LogP contribution in [-0.4, -0.2) is 18.1 Å². The molecule has 0 saturated carbocycles. The van der Waals surface area contributed by atoms with Gasteiger partial charge in [0.05, 0.1) is 18.4 Å². The van der Waals surface area contributed by atoms with Gasteiger partial charge in [0.25, 0.3) is 0 Å². The van der Waals surface area contributed by atoms with Crippen molar-refractivity contribution in [3.8, 4) is 11.3 Å². The Hall–Kier alpha value is -2.37. The first kappa shape index (κ1) is 13.1. The molecule has 0 aliphatic rings. The van der Waals surface area contributed by atoms with Crippen molar-refractivity contribution in [2.24, 2.45) is 0 Å². The highest BCUT2D eigenvalue weighted by Gasteiger charge is 2.13. The molecule has 0 aliphatic carbocycles. The van der Waals surface area contributed by atoms with E-state index in [1.165, 1.54) is 25.4 Å². The molecule has 1 heterocycles. The molecule has 0 spiro atoms. The molecule has 1 aromatic carbocycles. The standard InChI is InChI=1S/C13H8F3NO2/c1-19-13(18)7-2-3-17-11(6-7)8-4-9(14)12(16)10(15)5-8/h2-6H,1H3. The van der Waals surface area contributed by atoms with Crippen molar-refractivity contribution in [1.29, 1.82) is 0 Å². The fourth-order valence-corrected chi connectivity index (χ4v) is 1.54. The summed E-state index contributed by atoms with van der Waals surface area (Å²) in [6.45, 7) is 0. The third-order valence-electron chi connectivity index (χ3n) is 2.46. The second-order valence-corrected chi connectivity index (χ2v) is 3.68. The van der Waals surface area contributed by atoms with Gasteiger partial charge in [-0.3, -0.25) is 4.98 Å². The number of carbonyl (C=O) groups is 1. The van der Waals surface area contributed by atoms with Crippen LogP contribution >= 0.6 is 0 Å². The molecule has 0 atom stereocenters. The monoisotopic (exact) mass is 267 g/mol. The van der Waals surface area contributed by atoms with Gasteiger partial charge in [0.1, 0.15) is 0 Å². The summed E-state index contributed by atoms with van der Waals surface area (Å²) < 4.78 is 43.6. The number of aromatic nitrogens is 1. The van der Waals surface area contributed by atoms with Crippen LogP contribution in [0.2, 0.25) is 0 Å². The average Bonchev–Trinajstić information content (AvgIpc) is 2.43. The number of carbonyl (C=O) groups excluding carboxylic acids is 1. The van der Waals surface area contributed by atoms with Crippen molar-refractivity contribution in [2.75, 3.05) is 7.11 Å². The lowest BCUT2D eigenvalue weighted by molar-refractivity contribution is 0.0600. The Bertz CT molecular complexity index is 621. The molecule has 3 nitrogen and oxygen atoms in total. The van der Waals surface area contributed by atoms with Gasteiger partial charge in [0.15, 0.2) is 17.5 Å². The van der Waals surface area contributed by atoms with Gasteiger partial charge in [-0.15, -0.1) is 0 Å². The summed E-state index contributed by atoms with van der Waals surface area (Å²) in [4.78, 5) is 15.2. The van der Waals surface area contributed by atoms with Crippen LogP contribution in [0.5, 0.6) is 0 Å². The lowest BCUT2D eigenvalue weighted by Gasteiger charge is -2.05. The quantitative estimate of drug-likeness (QED) is 0.620. The van der Waals surface area contributed by atoms with E-state index >= 15 is 0 Å². The number of halogens is 3. The zero-order valence-corrected chi connectivity index (χ0v) is 9.78. The molecule has 6 heteroatoms. The zero-order valence-electron chi connectivity index (χ0n) is 9.78. The van der Waals surface area contributed by atoms with E-state index < -0.39 is 23.4 Å². The fourth-order valence-electron chi connectivity index (χ4n) is 1.54. The normalized spacial score (nSPS) is 10.3. The largest absolute Gasteiger partial charge is 0.465 e. The molecule has 0 unspecified atom stereocenters. The van der Waals surface area contributed by atoms with Crippen LogP contribution in [0.25, 0.3) is 11.3 Å². The Morgan fingerprint density at radius 2 is 1.79 bits per heavy atom. The second kappa shape index (κ2) is 5.09. The lowest BCUT2D eigenvalue weighted by Crippen LogP contribution is -2.02. The van der Waals surface area contributed by atoms with E-state index in [-0.39, 0.29) is 16.8 Å². The number of pyridine rings is 1. The maximum absolute atomic E-state index is 13.1. The van der Waals surface area contributed by atoms with Crippen LogP contribution in [0.4, 0.5) is 13.2 Å². The van der Waals surface area contributed by atoms with Crippen LogP contribution in [-0.2, 0) is 4.74 Å². The van der Waals surface area contributed by atoms with Gasteiger partial charge >= 0.3 is 5.97 Å². The Balaban J connectivity index is 2.50. The third-order valence-corrected chi connectivity index (χ3v) is 2.46. The van der Waals surface area contributed by atoms with Crippen molar-refractivity contribution in [2.45, 2.75) is 0 Å². The Morgan fingerprint density at radius 1 is 1.16 bits per heavy atom. The minimum atomic E-state index is -1.55. The summed E-state index contributed by atoms with van der Waals surface area (Å²) in [5, 5.41) is 0. The number of ether oxygens (including phenoxy) is 1. The minimum Gasteiger partial charge on any atom is -0.465 e. The predicted octanol–water partition coefficient (Wildman–Crippen LogP) is 2.95. The molecule has 0 aliphatic heterocycles. The van der Waals surface area contributed by atoms with E-state index in [0.717, 1.165) is 12.1 Å². The van der Waals surface area contributed by atoms with Gasteiger partial charge < -0.3 is 4.74 Å². The molecule has 1 aromatic heterocycles. The van der Waals surface area contributed by atoms with Crippen molar-refractivity contribution >= 4 is 5.97 Å². The lowest BCUT2D eigenvalue weighted by atomic mass is 10.1. The van der Waals surface area contributed by atoms with Crippen LogP contribution < -0.4 is 0 Å². The van der Waals surface area contributed by atoms with Gasteiger partial charge in [0.2, 0.25) is 0 Å². The molecule has 19 heavy (non-hydrogen) atoms. The van der Waals surface area contributed by atoms with Crippen molar-refractivity contribution in [3.63, 3.8) is 0 Å². The highest BCUT2D eigenvalue weighted by Crippen LogP contribution is 2.22. The number of esters is 1. The number of benzene rings is 1. The van der Waals surface area contributed by atoms with Gasteiger partial charge in [-0.25, -0.2) is 18.0 Å². The molecule has 0 amide bonds. The molecule has 2 aromatic rings. The minimum absolute atomic E-state index is 0.0298. The molecule has 0 N–H and O–H groups in total. The van der Waals surface area contributed by atoms with Crippen LogP contribution in [0.3, 0.4) is 0 Å². The Morgan fingerprint density at radius 3 is 2.37 bits per heavy atom. The first-order chi connectivity index (χ1) is 9.02. The van der Waals surface area contributed by atoms with E-state index in [9.17, 15) is 18.0 Å². The van der Waals surface area contributed by atoms with E-state index in [2.05, 4.69) is 9.72 Å². The maximum Gasteiger partial charge on any atom is 0.337 e. The highest BCUT2D eigenvalue weighted by molar-refractivity contribution is 5.90. The summed E-state index contributed by atoms with van der Waals surface area (Å²) in [5.41, 5.74) is 0.348. The van der Waals surface area contributed by atoms with Gasteiger partial charge in [0, 0.05) is 11.8 Å². The topological polar surface area (TPSA) is 39.2 Å². The van der Waals surface area contributed by atoms with Crippen molar-refractivity contribution < 1.29 is 22.7 Å². The molecule has 0 saturated heterocycles. The molecular formula is C13H8F3NO2. The van der Waals surface area contributed by atoms with Crippen molar-refractivity contribution in [3.05, 3.63) is 53.5 Å². The SMILES string of the molecule is COC(=O)c1ccnc(-c2cc(F)c(F)c(F)c2)c1. The van der Waals surface area contributed by atoms with Gasteiger partial charge in [-0.1, -0.05) is 0 Å². The average molecular weight is 267 g/mol. The zero-order chi connectivity index (χ0) is 14.0. The molecule has 0 fully saturated rings. The molecule has 0 radical (unpaired) electrons. The van der Waals surface area contributed by atoms with Crippen LogP contribution in [0, 0.1) is 17.5 Å². The maximum atomic E-state index is 13.1. The first-order valence-electron chi connectivity index (χ1n) is 5.22. The highest BCUT2D eigenvalue weighted by atomic mass is 19.2. The summed E-state index contributed by atoms with van der Waals surface area (Å²) in [7, 11) is 1.21. The van der Waals surface area contributed by atoms with E-state index in [1.54, 1.807) is 0 Å². The van der Waals surface area contributed by atoms with Crippen LogP contribution in [0.15, 0.2) is 30.5 Å². The number of rotatable bonds is 2. The van der Waals surface area contributed by atoms with Crippen molar-refractivity contribution in [1.82, 2.24) is 4.98 Å². The summed E-state index contributed by atoms with van der Waals surface area (Å²) in [6.07, 6.45) is 1.29. The predicted molar refractivity (Wildman–Crippen MR) is 60.9 cm³/mol. The van der Waals surface area contributed by atoms with Crippen LogP contribution in [0.1, 0.15) is 10.4 Å². The summed E-state index contributed by atoms with van der Waals surface area (Å²) in [6, 6.07) is 4.31. The Labute approximate surface area is 106 Å². The molecule has 2 rings (SSSR count). The fraction of sp³-hybridized carbons (Fsp3) is 0.0769. The summed E-state index contributed by atoms with van der Waals surface area (Å²) >= 11 is 0. The van der Waals surface area contributed by atoms with Gasteiger partial charge in [-0.2, -0.15) is 0 Å². The molecule has 0 bridgehead atoms. The third kappa shape index (κ3) is 2.57. The number of hydrogen-bond acceptors (Lipinski definition) is 3. The van der Waals surface area contributed by atoms with Gasteiger partial charge in [-0.05, 0) is 24.3 Å². The smallest absolute Gasteiger partial charge is 0.337 e. The number of methoxy groups -OCH3 is 1. The van der Waals surface area contributed by atoms with E-state index in [1.807, 2.05) is 0 Å². The molecular weight excluding hydrogens is 259 g/mol. The van der Waals surface area contributed by atoms with E-state index in [0.29, 0.717) is 0 Å².